The molecule has 2 aromatic carbocycles. The summed E-state index contributed by atoms with van der Waals surface area (Å²) in [5.41, 5.74) is 2.51. The standard InChI is InChI=1S/C25H29N5O3S/c1-28-15-6-18-30(25-24(28)26-21-7-2-3-8-22(21)27-25)23(31)14-11-19-9-12-20(13-10-19)34(32,33)29-16-4-5-17-29/h2-3,7-10,12-13H,4-6,11,14-18H2,1H3. The van der Waals surface area contributed by atoms with Gasteiger partial charge in [-0.3, -0.25) is 9.69 Å². The number of benzene rings is 2. The van der Waals surface area contributed by atoms with Gasteiger partial charge in [-0.25, -0.2) is 18.4 Å². The van der Waals surface area contributed by atoms with E-state index in [4.69, 9.17) is 9.97 Å². The van der Waals surface area contributed by atoms with Crippen LogP contribution in [0.15, 0.2) is 53.4 Å². The molecule has 2 aliphatic rings. The lowest BCUT2D eigenvalue weighted by atomic mass is 10.1. The van der Waals surface area contributed by atoms with Crippen LogP contribution in [-0.2, 0) is 21.2 Å². The van der Waals surface area contributed by atoms with Crippen molar-refractivity contribution in [1.29, 1.82) is 0 Å². The van der Waals surface area contributed by atoms with Gasteiger partial charge >= 0.3 is 0 Å². The SMILES string of the molecule is CN1CCCN(C(=O)CCc2ccc(S(=O)(=O)N3CCCC3)cc2)c2nc3ccccc3nc21. The Morgan fingerprint density at radius 3 is 2.18 bits per heavy atom. The van der Waals surface area contributed by atoms with Crippen molar-refractivity contribution in [2.75, 3.05) is 43.0 Å². The minimum Gasteiger partial charge on any atom is -0.357 e. The maximum atomic E-state index is 13.3. The molecule has 0 aliphatic carbocycles. The molecule has 0 unspecified atom stereocenters. The molecule has 9 heteroatoms. The molecule has 0 saturated carbocycles. The normalized spacial score (nSPS) is 17.1. The van der Waals surface area contributed by atoms with E-state index in [9.17, 15) is 13.2 Å². The van der Waals surface area contributed by atoms with E-state index in [0.717, 1.165) is 48.2 Å². The monoisotopic (exact) mass is 479 g/mol. The van der Waals surface area contributed by atoms with Crippen molar-refractivity contribution < 1.29 is 13.2 Å². The highest BCUT2D eigenvalue weighted by Crippen LogP contribution is 2.30. The molecule has 2 aliphatic heterocycles. The van der Waals surface area contributed by atoms with Crippen LogP contribution in [0.5, 0.6) is 0 Å². The Morgan fingerprint density at radius 1 is 0.853 bits per heavy atom. The van der Waals surface area contributed by atoms with Crippen molar-refractivity contribution in [1.82, 2.24) is 14.3 Å². The van der Waals surface area contributed by atoms with E-state index in [1.165, 1.54) is 0 Å². The van der Waals surface area contributed by atoms with Gasteiger partial charge in [0.15, 0.2) is 11.6 Å². The van der Waals surface area contributed by atoms with Crippen molar-refractivity contribution in [3.8, 4) is 0 Å². The van der Waals surface area contributed by atoms with Crippen LogP contribution in [0.3, 0.4) is 0 Å². The Kier molecular flexibility index (Phi) is 6.22. The molecule has 1 amide bonds. The second-order valence-electron chi connectivity index (χ2n) is 8.94. The average molecular weight is 480 g/mol. The van der Waals surface area contributed by atoms with E-state index in [0.29, 0.717) is 43.2 Å². The molecule has 0 bridgehead atoms. The third-order valence-corrected chi connectivity index (χ3v) is 8.49. The molecule has 1 aromatic heterocycles. The predicted molar refractivity (Wildman–Crippen MR) is 133 cm³/mol. The molecule has 3 heterocycles. The van der Waals surface area contributed by atoms with Crippen molar-refractivity contribution in [3.05, 3.63) is 54.1 Å². The third kappa shape index (κ3) is 4.37. The summed E-state index contributed by atoms with van der Waals surface area (Å²) >= 11 is 0. The van der Waals surface area contributed by atoms with Gasteiger partial charge in [0.05, 0.1) is 15.9 Å². The molecule has 1 fully saturated rings. The molecule has 0 spiro atoms. The topological polar surface area (TPSA) is 86.7 Å². The van der Waals surface area contributed by atoms with Crippen LogP contribution in [0.25, 0.3) is 11.0 Å². The molecule has 5 rings (SSSR count). The summed E-state index contributed by atoms with van der Waals surface area (Å²) in [5.74, 6) is 1.33. The first-order valence-corrected chi connectivity index (χ1v) is 13.2. The maximum absolute atomic E-state index is 13.3. The number of carbonyl (C=O) groups excluding carboxylic acids is 1. The first-order chi connectivity index (χ1) is 16.4. The van der Waals surface area contributed by atoms with E-state index in [2.05, 4.69) is 4.90 Å². The van der Waals surface area contributed by atoms with Gasteiger partial charge < -0.3 is 4.90 Å². The molecule has 0 N–H and O–H groups in total. The smallest absolute Gasteiger partial charge is 0.243 e. The van der Waals surface area contributed by atoms with E-state index in [1.807, 2.05) is 43.4 Å². The summed E-state index contributed by atoms with van der Waals surface area (Å²) in [7, 11) is -1.45. The number of nitrogens with zero attached hydrogens (tertiary/aromatic N) is 5. The van der Waals surface area contributed by atoms with Crippen LogP contribution < -0.4 is 9.80 Å². The predicted octanol–water partition coefficient (Wildman–Crippen LogP) is 3.22. The van der Waals surface area contributed by atoms with E-state index < -0.39 is 10.0 Å². The number of anilines is 2. The molecule has 0 radical (unpaired) electrons. The number of aromatic nitrogens is 2. The van der Waals surface area contributed by atoms with Gasteiger partial charge in [-0.05, 0) is 55.5 Å². The highest BCUT2D eigenvalue weighted by Gasteiger charge is 2.28. The largest absolute Gasteiger partial charge is 0.357 e. The minimum atomic E-state index is -3.43. The van der Waals surface area contributed by atoms with Crippen molar-refractivity contribution in [2.45, 2.75) is 37.0 Å². The van der Waals surface area contributed by atoms with Gasteiger partial charge in [0.25, 0.3) is 0 Å². The van der Waals surface area contributed by atoms with Crippen LogP contribution in [0.1, 0.15) is 31.2 Å². The number of fused-ring (bicyclic) bond motifs is 2. The quantitative estimate of drug-likeness (QED) is 0.559. The molecule has 3 aromatic rings. The van der Waals surface area contributed by atoms with Crippen LogP contribution in [-0.4, -0.2) is 61.8 Å². The lowest BCUT2D eigenvalue weighted by Gasteiger charge is -2.23. The first kappa shape index (κ1) is 22.7. The number of carbonyl (C=O) groups is 1. The van der Waals surface area contributed by atoms with Crippen LogP contribution in [0, 0.1) is 0 Å². The number of aryl methyl sites for hydroxylation is 1. The fourth-order valence-corrected chi connectivity index (χ4v) is 6.15. The maximum Gasteiger partial charge on any atom is 0.243 e. The Morgan fingerprint density at radius 2 is 1.50 bits per heavy atom. The molecule has 1 saturated heterocycles. The molecular formula is C25H29N5O3S. The zero-order valence-electron chi connectivity index (χ0n) is 19.4. The highest BCUT2D eigenvalue weighted by atomic mass is 32.2. The minimum absolute atomic E-state index is 0.00473. The summed E-state index contributed by atoms with van der Waals surface area (Å²) < 4.78 is 27.0. The summed E-state index contributed by atoms with van der Waals surface area (Å²) in [4.78, 5) is 27.0. The van der Waals surface area contributed by atoms with Crippen molar-refractivity contribution in [3.63, 3.8) is 0 Å². The molecule has 0 atom stereocenters. The third-order valence-electron chi connectivity index (χ3n) is 6.58. The Balaban J connectivity index is 1.32. The molecule has 8 nitrogen and oxygen atoms in total. The Hall–Kier alpha value is -3.04. The van der Waals surface area contributed by atoms with E-state index >= 15 is 0 Å². The summed E-state index contributed by atoms with van der Waals surface area (Å²) in [6.45, 7) is 2.57. The first-order valence-electron chi connectivity index (χ1n) is 11.8. The number of hydrogen-bond donors (Lipinski definition) is 0. The fraction of sp³-hybridized carbons (Fsp3) is 0.400. The number of rotatable bonds is 5. The van der Waals surface area contributed by atoms with Gasteiger partial charge in [-0.15, -0.1) is 0 Å². The number of para-hydroxylation sites is 2. The Bertz CT molecular complexity index is 1300. The van der Waals surface area contributed by atoms with Gasteiger partial charge in [0, 0.05) is 39.6 Å². The molecule has 34 heavy (non-hydrogen) atoms. The number of amides is 1. The zero-order chi connectivity index (χ0) is 23.7. The number of hydrogen-bond acceptors (Lipinski definition) is 6. The second kappa shape index (κ2) is 9.31. The lowest BCUT2D eigenvalue weighted by molar-refractivity contribution is -0.118. The fourth-order valence-electron chi connectivity index (χ4n) is 4.63. The second-order valence-corrected chi connectivity index (χ2v) is 10.9. The van der Waals surface area contributed by atoms with Crippen molar-refractivity contribution in [2.24, 2.45) is 0 Å². The van der Waals surface area contributed by atoms with E-state index in [1.54, 1.807) is 21.3 Å². The zero-order valence-corrected chi connectivity index (χ0v) is 20.2. The van der Waals surface area contributed by atoms with Gasteiger partial charge in [0.2, 0.25) is 15.9 Å². The molecule has 178 valence electrons. The van der Waals surface area contributed by atoms with Gasteiger partial charge in [0.1, 0.15) is 0 Å². The average Bonchev–Trinajstić information content (AvgIpc) is 3.36. The number of sulfonamides is 1. The highest BCUT2D eigenvalue weighted by molar-refractivity contribution is 7.89. The lowest BCUT2D eigenvalue weighted by Crippen LogP contribution is -2.32. The van der Waals surface area contributed by atoms with E-state index in [-0.39, 0.29) is 5.91 Å². The van der Waals surface area contributed by atoms with Crippen LogP contribution >= 0.6 is 0 Å². The summed E-state index contributed by atoms with van der Waals surface area (Å²) in [6, 6.07) is 14.6. The summed E-state index contributed by atoms with van der Waals surface area (Å²) in [6.07, 6.45) is 3.51. The van der Waals surface area contributed by atoms with Crippen molar-refractivity contribution >= 4 is 38.6 Å². The van der Waals surface area contributed by atoms with Gasteiger partial charge in [-0.1, -0.05) is 24.3 Å². The van der Waals surface area contributed by atoms with Crippen LogP contribution in [0.4, 0.5) is 11.6 Å². The van der Waals surface area contributed by atoms with Gasteiger partial charge in [-0.2, -0.15) is 4.31 Å². The summed E-state index contributed by atoms with van der Waals surface area (Å²) in [5, 5.41) is 0. The van der Waals surface area contributed by atoms with Crippen LogP contribution in [0.2, 0.25) is 0 Å². The Labute approximate surface area is 200 Å². The molecular weight excluding hydrogens is 450 g/mol.